The zero-order valence-corrected chi connectivity index (χ0v) is 15.2. The SMILES string of the molecule is COc1cc(C(=O)Cl)ccc1OCCCCOc1c(F)c(F)c(F)c(F)c1F. The Balaban J connectivity index is 1.86. The molecule has 0 aromatic heterocycles. The highest BCUT2D eigenvalue weighted by atomic mass is 35.5. The van der Waals surface area contributed by atoms with E-state index in [1.165, 1.54) is 25.3 Å². The number of ether oxygens (including phenoxy) is 3. The Bertz CT molecular complexity index is 847. The van der Waals surface area contributed by atoms with Gasteiger partial charge in [-0.2, -0.15) is 8.78 Å². The fraction of sp³-hybridized carbons (Fsp3) is 0.278. The number of methoxy groups -OCH3 is 1. The van der Waals surface area contributed by atoms with Crippen LogP contribution in [0.1, 0.15) is 23.2 Å². The van der Waals surface area contributed by atoms with Crippen molar-refractivity contribution in [2.24, 2.45) is 0 Å². The second-order valence-electron chi connectivity index (χ2n) is 5.44. The standard InChI is InChI=1S/C18H14ClF5O4/c1-26-11-8-9(18(19)25)4-5-10(11)27-6-2-3-7-28-17-15(23)13(21)12(20)14(22)16(17)24/h4-5,8H,2-3,6-7H2,1H3. The second-order valence-corrected chi connectivity index (χ2v) is 5.79. The van der Waals surface area contributed by atoms with Crippen LogP contribution in [0.15, 0.2) is 18.2 Å². The number of rotatable bonds is 9. The fourth-order valence-electron chi connectivity index (χ4n) is 2.18. The lowest BCUT2D eigenvalue weighted by molar-refractivity contribution is 0.108. The molecule has 0 saturated heterocycles. The van der Waals surface area contributed by atoms with E-state index in [0.717, 1.165) is 0 Å². The minimum atomic E-state index is -2.24. The maximum absolute atomic E-state index is 13.5. The highest BCUT2D eigenvalue weighted by molar-refractivity contribution is 6.67. The normalized spacial score (nSPS) is 10.7. The lowest BCUT2D eigenvalue weighted by Gasteiger charge is -2.12. The molecule has 0 radical (unpaired) electrons. The predicted molar refractivity (Wildman–Crippen MR) is 89.6 cm³/mol. The van der Waals surface area contributed by atoms with Crippen LogP contribution < -0.4 is 14.2 Å². The number of carbonyl (C=O) groups excluding carboxylic acids is 1. The van der Waals surface area contributed by atoms with E-state index in [2.05, 4.69) is 0 Å². The highest BCUT2D eigenvalue weighted by Gasteiger charge is 2.26. The van der Waals surface area contributed by atoms with E-state index in [1.54, 1.807) is 0 Å². The number of benzene rings is 2. The van der Waals surface area contributed by atoms with E-state index < -0.39 is 40.1 Å². The maximum atomic E-state index is 13.5. The number of hydrogen-bond donors (Lipinski definition) is 0. The molecule has 0 fully saturated rings. The summed E-state index contributed by atoms with van der Waals surface area (Å²) in [5.41, 5.74) is 0.224. The van der Waals surface area contributed by atoms with Gasteiger partial charge in [-0.3, -0.25) is 4.79 Å². The van der Waals surface area contributed by atoms with Crippen molar-refractivity contribution in [1.82, 2.24) is 0 Å². The smallest absolute Gasteiger partial charge is 0.252 e. The molecule has 10 heteroatoms. The third kappa shape index (κ3) is 4.83. The lowest BCUT2D eigenvalue weighted by atomic mass is 10.2. The van der Waals surface area contributed by atoms with Gasteiger partial charge < -0.3 is 14.2 Å². The van der Waals surface area contributed by atoms with Crippen LogP contribution in [0.25, 0.3) is 0 Å². The van der Waals surface area contributed by atoms with Crippen LogP contribution in [0, 0.1) is 29.1 Å². The molecule has 0 aliphatic heterocycles. The first-order valence-electron chi connectivity index (χ1n) is 7.92. The van der Waals surface area contributed by atoms with E-state index >= 15 is 0 Å². The van der Waals surface area contributed by atoms with E-state index in [9.17, 15) is 26.7 Å². The summed E-state index contributed by atoms with van der Waals surface area (Å²) in [5, 5.41) is -0.657. The minimum absolute atomic E-state index is 0.144. The first-order valence-corrected chi connectivity index (χ1v) is 8.30. The monoisotopic (exact) mass is 424 g/mol. The molecule has 0 N–H and O–H groups in total. The molecule has 28 heavy (non-hydrogen) atoms. The Morgan fingerprint density at radius 3 is 1.93 bits per heavy atom. The quantitative estimate of drug-likeness (QED) is 0.187. The second kappa shape index (κ2) is 9.59. The Labute approximate surface area is 161 Å². The van der Waals surface area contributed by atoms with E-state index in [1.807, 2.05) is 0 Å². The van der Waals surface area contributed by atoms with Gasteiger partial charge in [0.05, 0.1) is 20.3 Å². The van der Waals surface area contributed by atoms with Crippen molar-refractivity contribution in [2.45, 2.75) is 12.8 Å². The maximum Gasteiger partial charge on any atom is 0.252 e. The Morgan fingerprint density at radius 1 is 0.857 bits per heavy atom. The average molecular weight is 425 g/mol. The van der Waals surface area contributed by atoms with Crippen molar-refractivity contribution in [1.29, 1.82) is 0 Å². The largest absolute Gasteiger partial charge is 0.493 e. The minimum Gasteiger partial charge on any atom is -0.493 e. The molecule has 0 bridgehead atoms. The summed E-state index contributed by atoms with van der Waals surface area (Å²) in [6.07, 6.45) is 0.550. The van der Waals surface area contributed by atoms with Crippen LogP contribution in [0.4, 0.5) is 22.0 Å². The van der Waals surface area contributed by atoms with Crippen molar-refractivity contribution in [3.63, 3.8) is 0 Å². The highest BCUT2D eigenvalue weighted by Crippen LogP contribution is 2.30. The van der Waals surface area contributed by atoms with E-state index in [-0.39, 0.29) is 30.9 Å². The molecule has 4 nitrogen and oxygen atoms in total. The molecule has 0 aliphatic carbocycles. The number of carbonyl (C=O) groups is 1. The predicted octanol–water partition coefficient (Wildman–Crippen LogP) is 5.01. The van der Waals surface area contributed by atoms with Gasteiger partial charge >= 0.3 is 0 Å². The number of unbranched alkanes of at least 4 members (excludes halogenated alkanes) is 1. The molecular weight excluding hydrogens is 411 g/mol. The van der Waals surface area contributed by atoms with Gasteiger partial charge in [0, 0.05) is 5.56 Å². The van der Waals surface area contributed by atoms with Crippen molar-refractivity contribution in [2.75, 3.05) is 20.3 Å². The topological polar surface area (TPSA) is 44.8 Å². The molecule has 0 aliphatic rings. The third-order valence-electron chi connectivity index (χ3n) is 3.60. The zero-order chi connectivity index (χ0) is 20.8. The molecule has 0 atom stereocenters. The molecule has 2 rings (SSSR count). The zero-order valence-electron chi connectivity index (χ0n) is 14.5. The van der Waals surface area contributed by atoms with Gasteiger partial charge in [0.25, 0.3) is 5.24 Å². The van der Waals surface area contributed by atoms with Crippen LogP contribution in [-0.2, 0) is 0 Å². The number of hydrogen-bond acceptors (Lipinski definition) is 4. The van der Waals surface area contributed by atoms with Gasteiger partial charge in [-0.1, -0.05) is 0 Å². The lowest BCUT2D eigenvalue weighted by Crippen LogP contribution is -2.09. The molecule has 0 unspecified atom stereocenters. The van der Waals surface area contributed by atoms with E-state index in [0.29, 0.717) is 12.2 Å². The summed E-state index contributed by atoms with van der Waals surface area (Å²) in [6, 6.07) is 4.33. The van der Waals surface area contributed by atoms with Gasteiger partial charge in [0.1, 0.15) is 0 Å². The Morgan fingerprint density at radius 2 is 1.39 bits per heavy atom. The van der Waals surface area contributed by atoms with Crippen molar-refractivity contribution in [3.8, 4) is 17.2 Å². The molecule has 0 heterocycles. The average Bonchev–Trinajstić information content (AvgIpc) is 2.69. The molecule has 2 aromatic rings. The van der Waals surface area contributed by atoms with Gasteiger partial charge in [-0.05, 0) is 42.6 Å². The van der Waals surface area contributed by atoms with Crippen LogP contribution >= 0.6 is 11.6 Å². The molecule has 0 saturated carbocycles. The molecule has 0 amide bonds. The van der Waals surface area contributed by atoms with Gasteiger partial charge in [0.15, 0.2) is 17.2 Å². The fourth-order valence-corrected chi connectivity index (χ4v) is 2.30. The summed E-state index contributed by atoms with van der Waals surface area (Å²) in [5.74, 6) is -11.1. The summed E-state index contributed by atoms with van der Waals surface area (Å²) in [4.78, 5) is 11.1. The summed E-state index contributed by atoms with van der Waals surface area (Å²) in [6.45, 7) is -0.149. The van der Waals surface area contributed by atoms with Crippen LogP contribution in [-0.4, -0.2) is 25.6 Å². The molecule has 2 aromatic carbocycles. The third-order valence-corrected chi connectivity index (χ3v) is 3.82. The first kappa shape index (κ1) is 21.7. The van der Waals surface area contributed by atoms with Gasteiger partial charge in [-0.25, -0.2) is 13.2 Å². The van der Waals surface area contributed by atoms with Gasteiger partial charge in [-0.15, -0.1) is 0 Å². The summed E-state index contributed by atoms with van der Waals surface area (Å²) >= 11 is 5.38. The van der Waals surface area contributed by atoms with Crippen molar-refractivity contribution >= 4 is 16.8 Å². The Hall–Kier alpha value is -2.55. The van der Waals surface area contributed by atoms with Crippen LogP contribution in [0.2, 0.25) is 0 Å². The summed E-state index contributed by atoms with van der Waals surface area (Å²) in [7, 11) is 1.38. The molecule has 152 valence electrons. The van der Waals surface area contributed by atoms with Gasteiger partial charge in [0.2, 0.25) is 29.1 Å². The van der Waals surface area contributed by atoms with Crippen LogP contribution in [0.5, 0.6) is 17.2 Å². The van der Waals surface area contributed by atoms with Crippen molar-refractivity contribution in [3.05, 3.63) is 52.8 Å². The number of halogens is 6. The molecule has 0 spiro atoms. The Kier molecular flexibility index (Phi) is 7.45. The molecular formula is C18H14ClF5O4. The summed E-state index contributed by atoms with van der Waals surface area (Å²) < 4.78 is 81.2. The van der Waals surface area contributed by atoms with Crippen LogP contribution in [0.3, 0.4) is 0 Å². The van der Waals surface area contributed by atoms with Crippen molar-refractivity contribution < 1.29 is 41.0 Å². The first-order chi connectivity index (χ1) is 13.3. The van der Waals surface area contributed by atoms with E-state index in [4.69, 9.17) is 25.8 Å².